The SMILES string of the molecule is CCOC(=O)CNC(=O)[C@H]1CC(=O)N(c2ccccc2C)C1. The number of anilines is 1. The lowest BCUT2D eigenvalue weighted by Crippen LogP contribution is -2.36. The highest BCUT2D eigenvalue weighted by Gasteiger charge is 2.35. The molecule has 0 aromatic heterocycles. The number of para-hydroxylation sites is 1. The van der Waals surface area contributed by atoms with Gasteiger partial charge in [-0.25, -0.2) is 0 Å². The van der Waals surface area contributed by atoms with Gasteiger partial charge in [-0.15, -0.1) is 0 Å². The molecule has 1 aliphatic heterocycles. The summed E-state index contributed by atoms with van der Waals surface area (Å²) < 4.78 is 4.75. The monoisotopic (exact) mass is 304 g/mol. The molecule has 2 rings (SSSR count). The summed E-state index contributed by atoms with van der Waals surface area (Å²) >= 11 is 0. The lowest BCUT2D eigenvalue weighted by Gasteiger charge is -2.18. The van der Waals surface area contributed by atoms with E-state index in [2.05, 4.69) is 5.32 Å². The van der Waals surface area contributed by atoms with Crippen LogP contribution in [0.3, 0.4) is 0 Å². The molecule has 0 spiro atoms. The van der Waals surface area contributed by atoms with Gasteiger partial charge in [-0.2, -0.15) is 0 Å². The second-order valence-corrected chi connectivity index (χ2v) is 5.21. The number of nitrogens with zero attached hydrogens (tertiary/aromatic N) is 1. The van der Waals surface area contributed by atoms with E-state index < -0.39 is 11.9 Å². The van der Waals surface area contributed by atoms with Crippen molar-refractivity contribution in [3.05, 3.63) is 29.8 Å². The lowest BCUT2D eigenvalue weighted by atomic mass is 10.1. The Morgan fingerprint density at radius 2 is 2.09 bits per heavy atom. The predicted octanol–water partition coefficient (Wildman–Crippen LogP) is 1.03. The van der Waals surface area contributed by atoms with E-state index >= 15 is 0 Å². The van der Waals surface area contributed by atoms with E-state index in [-0.39, 0.29) is 31.4 Å². The molecular weight excluding hydrogens is 284 g/mol. The van der Waals surface area contributed by atoms with E-state index in [1.807, 2.05) is 31.2 Å². The van der Waals surface area contributed by atoms with Gasteiger partial charge in [-0.05, 0) is 25.5 Å². The minimum atomic E-state index is -0.476. The van der Waals surface area contributed by atoms with Crippen LogP contribution in [0.2, 0.25) is 0 Å². The summed E-state index contributed by atoms with van der Waals surface area (Å²) in [4.78, 5) is 37.1. The van der Waals surface area contributed by atoms with E-state index in [9.17, 15) is 14.4 Å². The number of carbonyl (C=O) groups excluding carboxylic acids is 3. The van der Waals surface area contributed by atoms with E-state index in [0.717, 1.165) is 11.3 Å². The van der Waals surface area contributed by atoms with Crippen LogP contribution in [-0.2, 0) is 19.1 Å². The molecule has 1 fully saturated rings. The van der Waals surface area contributed by atoms with Crippen molar-refractivity contribution in [2.45, 2.75) is 20.3 Å². The summed E-state index contributed by atoms with van der Waals surface area (Å²) in [5, 5.41) is 2.52. The molecule has 0 radical (unpaired) electrons. The fourth-order valence-electron chi connectivity index (χ4n) is 2.50. The van der Waals surface area contributed by atoms with Gasteiger partial charge in [0.25, 0.3) is 0 Å². The minimum absolute atomic E-state index is 0.0782. The molecule has 6 nitrogen and oxygen atoms in total. The van der Waals surface area contributed by atoms with Crippen molar-refractivity contribution in [2.24, 2.45) is 5.92 Å². The van der Waals surface area contributed by atoms with Crippen molar-refractivity contribution in [3.63, 3.8) is 0 Å². The summed E-state index contributed by atoms with van der Waals surface area (Å²) in [5.74, 6) is -1.29. The molecule has 118 valence electrons. The standard InChI is InChI=1S/C16H20N2O4/c1-3-22-15(20)9-17-16(21)12-8-14(19)18(10-12)13-7-5-4-6-11(13)2/h4-7,12H,3,8-10H2,1-2H3,(H,17,21)/t12-/m0/s1. The summed E-state index contributed by atoms with van der Waals surface area (Å²) in [7, 11) is 0. The van der Waals surface area contributed by atoms with Gasteiger partial charge in [0.2, 0.25) is 11.8 Å². The lowest BCUT2D eigenvalue weighted by molar-refractivity contribution is -0.143. The van der Waals surface area contributed by atoms with Gasteiger partial charge in [0.05, 0.1) is 12.5 Å². The third-order valence-corrected chi connectivity index (χ3v) is 3.61. The molecule has 1 aliphatic rings. The van der Waals surface area contributed by atoms with Crippen molar-refractivity contribution in [2.75, 3.05) is 24.6 Å². The zero-order valence-corrected chi connectivity index (χ0v) is 12.8. The maximum atomic E-state index is 12.1. The maximum absolute atomic E-state index is 12.1. The number of amides is 2. The van der Waals surface area contributed by atoms with Gasteiger partial charge in [0.1, 0.15) is 6.54 Å². The van der Waals surface area contributed by atoms with Gasteiger partial charge < -0.3 is 15.0 Å². The molecule has 2 amide bonds. The Labute approximate surface area is 129 Å². The molecule has 1 aromatic rings. The summed E-state index contributed by atoms with van der Waals surface area (Å²) in [6, 6.07) is 7.57. The van der Waals surface area contributed by atoms with Crippen molar-refractivity contribution < 1.29 is 19.1 Å². The number of aryl methyl sites for hydroxylation is 1. The number of hydrogen-bond acceptors (Lipinski definition) is 4. The zero-order valence-electron chi connectivity index (χ0n) is 12.8. The van der Waals surface area contributed by atoms with Crippen LogP contribution >= 0.6 is 0 Å². The van der Waals surface area contributed by atoms with Crippen LogP contribution in [0.25, 0.3) is 0 Å². The van der Waals surface area contributed by atoms with Gasteiger partial charge in [0, 0.05) is 18.7 Å². The zero-order chi connectivity index (χ0) is 16.1. The summed E-state index contributed by atoms with van der Waals surface area (Å²) in [6.45, 7) is 4.07. The predicted molar refractivity (Wildman–Crippen MR) is 81.3 cm³/mol. The van der Waals surface area contributed by atoms with Crippen molar-refractivity contribution >= 4 is 23.5 Å². The Morgan fingerprint density at radius 3 is 2.77 bits per heavy atom. The molecule has 1 aromatic carbocycles. The van der Waals surface area contributed by atoms with E-state index in [0.29, 0.717) is 6.54 Å². The molecule has 6 heteroatoms. The van der Waals surface area contributed by atoms with Crippen LogP contribution in [0, 0.1) is 12.8 Å². The van der Waals surface area contributed by atoms with Crippen LogP contribution in [0.5, 0.6) is 0 Å². The first-order valence-corrected chi connectivity index (χ1v) is 7.32. The van der Waals surface area contributed by atoms with E-state index in [4.69, 9.17) is 4.74 Å². The van der Waals surface area contributed by atoms with Crippen molar-refractivity contribution in [1.29, 1.82) is 0 Å². The fraction of sp³-hybridized carbons (Fsp3) is 0.438. The number of benzene rings is 1. The Bertz CT molecular complexity index is 585. The van der Waals surface area contributed by atoms with Gasteiger partial charge >= 0.3 is 5.97 Å². The number of rotatable bonds is 5. The number of ether oxygens (including phenoxy) is 1. The quantitative estimate of drug-likeness (QED) is 0.824. The topological polar surface area (TPSA) is 75.7 Å². The Balaban J connectivity index is 1.96. The molecule has 0 unspecified atom stereocenters. The maximum Gasteiger partial charge on any atom is 0.325 e. The molecule has 1 saturated heterocycles. The summed E-state index contributed by atoms with van der Waals surface area (Å²) in [5.41, 5.74) is 1.82. The van der Waals surface area contributed by atoms with Gasteiger partial charge in [0.15, 0.2) is 0 Å². The number of nitrogens with one attached hydrogen (secondary N) is 1. The third-order valence-electron chi connectivity index (χ3n) is 3.61. The van der Waals surface area contributed by atoms with Crippen molar-refractivity contribution in [3.8, 4) is 0 Å². The van der Waals surface area contributed by atoms with Crippen LogP contribution in [0.1, 0.15) is 18.9 Å². The second kappa shape index (κ2) is 7.06. The number of hydrogen-bond donors (Lipinski definition) is 1. The molecule has 0 saturated carbocycles. The number of esters is 1. The van der Waals surface area contributed by atoms with Crippen LogP contribution in [0.15, 0.2) is 24.3 Å². The van der Waals surface area contributed by atoms with Crippen LogP contribution < -0.4 is 10.2 Å². The highest BCUT2D eigenvalue weighted by Crippen LogP contribution is 2.27. The molecule has 1 heterocycles. The first kappa shape index (κ1) is 16.0. The smallest absolute Gasteiger partial charge is 0.325 e. The van der Waals surface area contributed by atoms with Crippen LogP contribution in [-0.4, -0.2) is 37.5 Å². The average Bonchev–Trinajstić information content (AvgIpc) is 2.87. The first-order valence-electron chi connectivity index (χ1n) is 7.32. The molecule has 22 heavy (non-hydrogen) atoms. The number of carbonyl (C=O) groups is 3. The second-order valence-electron chi connectivity index (χ2n) is 5.21. The Hall–Kier alpha value is -2.37. The molecular formula is C16H20N2O4. The first-order chi connectivity index (χ1) is 10.5. The van der Waals surface area contributed by atoms with Crippen LogP contribution in [0.4, 0.5) is 5.69 Å². The summed E-state index contributed by atoms with van der Waals surface area (Å²) in [6.07, 6.45) is 0.156. The molecule has 1 atom stereocenters. The molecule has 1 N–H and O–H groups in total. The molecule has 0 aliphatic carbocycles. The van der Waals surface area contributed by atoms with Gasteiger partial charge in [-0.3, -0.25) is 14.4 Å². The van der Waals surface area contributed by atoms with E-state index in [1.165, 1.54) is 0 Å². The molecule has 0 bridgehead atoms. The minimum Gasteiger partial charge on any atom is -0.465 e. The highest BCUT2D eigenvalue weighted by molar-refractivity contribution is 6.01. The van der Waals surface area contributed by atoms with E-state index in [1.54, 1.807) is 11.8 Å². The Kier molecular flexibility index (Phi) is 5.14. The normalized spacial score (nSPS) is 17.5. The highest BCUT2D eigenvalue weighted by atomic mass is 16.5. The third kappa shape index (κ3) is 3.63. The van der Waals surface area contributed by atoms with Gasteiger partial charge in [-0.1, -0.05) is 18.2 Å². The average molecular weight is 304 g/mol. The van der Waals surface area contributed by atoms with Crippen molar-refractivity contribution in [1.82, 2.24) is 5.32 Å². The Morgan fingerprint density at radius 1 is 1.36 bits per heavy atom. The fourth-order valence-corrected chi connectivity index (χ4v) is 2.50. The largest absolute Gasteiger partial charge is 0.465 e.